The summed E-state index contributed by atoms with van der Waals surface area (Å²) in [5.41, 5.74) is 0.833. The molecule has 2 rings (SSSR count). The van der Waals surface area contributed by atoms with Crippen LogP contribution in [-0.2, 0) is 4.79 Å². The van der Waals surface area contributed by atoms with Crippen LogP contribution >= 0.6 is 35.8 Å². The Bertz CT molecular complexity index is 477. The molecule has 0 aliphatic carbocycles. The highest BCUT2D eigenvalue weighted by atomic mass is 35.5. The molecule has 1 heterocycles. The molecule has 2 N–H and O–H groups in total. The number of rotatable bonds is 4. The van der Waals surface area contributed by atoms with Crippen molar-refractivity contribution in [1.82, 2.24) is 5.32 Å². The second-order valence-corrected chi connectivity index (χ2v) is 7.29. The third kappa shape index (κ3) is 5.37. The van der Waals surface area contributed by atoms with Gasteiger partial charge < -0.3 is 10.6 Å². The van der Waals surface area contributed by atoms with Gasteiger partial charge in [-0.25, -0.2) is 0 Å². The summed E-state index contributed by atoms with van der Waals surface area (Å²) in [5, 5.41) is 7.45. The summed E-state index contributed by atoms with van der Waals surface area (Å²) < 4.78 is 0. The number of carbonyl (C=O) groups is 1. The first-order valence-corrected chi connectivity index (χ1v) is 8.30. The van der Waals surface area contributed by atoms with Gasteiger partial charge in [0, 0.05) is 16.1 Å². The smallest absolute Gasteiger partial charge is 0.227 e. The highest BCUT2D eigenvalue weighted by Gasteiger charge is 2.22. The quantitative estimate of drug-likeness (QED) is 0.801. The van der Waals surface area contributed by atoms with Crippen molar-refractivity contribution in [3.05, 3.63) is 23.2 Å². The molecule has 0 bridgehead atoms. The monoisotopic (exact) mass is 348 g/mol. The molecule has 1 saturated heterocycles. The summed E-state index contributed by atoms with van der Waals surface area (Å²) in [6.45, 7) is 6.07. The van der Waals surface area contributed by atoms with Crippen molar-refractivity contribution < 1.29 is 4.79 Å². The Morgan fingerprint density at radius 1 is 1.38 bits per heavy atom. The van der Waals surface area contributed by atoms with E-state index in [0.717, 1.165) is 36.5 Å². The maximum Gasteiger partial charge on any atom is 0.227 e. The molecule has 0 unspecified atom stereocenters. The average Bonchev–Trinajstić information content (AvgIpc) is 2.43. The Hall–Kier alpha value is -0.420. The molecule has 1 aliphatic heterocycles. The molecule has 1 aromatic carbocycles. The Labute approximate surface area is 142 Å². The normalized spacial score (nSPS) is 15.6. The van der Waals surface area contributed by atoms with E-state index in [9.17, 15) is 4.79 Å². The Balaban J connectivity index is 0.00000220. The molecular formula is C15H22Cl2N2OS. The first-order valence-electron chi connectivity index (χ1n) is 7.04. The highest BCUT2D eigenvalue weighted by molar-refractivity contribution is 8.00. The van der Waals surface area contributed by atoms with Gasteiger partial charge in [0.05, 0.1) is 10.7 Å². The lowest BCUT2D eigenvalue weighted by atomic mass is 9.97. The first kappa shape index (κ1) is 18.6. The van der Waals surface area contributed by atoms with E-state index in [4.69, 9.17) is 11.6 Å². The number of anilines is 1. The lowest BCUT2D eigenvalue weighted by molar-refractivity contribution is -0.120. The number of nitrogens with one attached hydrogen (secondary N) is 2. The summed E-state index contributed by atoms with van der Waals surface area (Å²) in [6.07, 6.45) is 1.80. The first-order chi connectivity index (χ1) is 9.58. The van der Waals surface area contributed by atoms with Gasteiger partial charge >= 0.3 is 0 Å². The minimum absolute atomic E-state index is 0. The zero-order valence-corrected chi connectivity index (χ0v) is 14.7. The van der Waals surface area contributed by atoms with E-state index in [2.05, 4.69) is 24.5 Å². The zero-order chi connectivity index (χ0) is 14.5. The molecular weight excluding hydrogens is 327 g/mol. The van der Waals surface area contributed by atoms with Crippen molar-refractivity contribution >= 4 is 47.4 Å². The summed E-state index contributed by atoms with van der Waals surface area (Å²) in [7, 11) is 0. The SMILES string of the molecule is CC(C)Sc1c(Cl)cccc1NC(=O)C1CCNCC1.Cl. The van der Waals surface area contributed by atoms with Gasteiger partial charge in [0.25, 0.3) is 0 Å². The number of halogens is 2. The van der Waals surface area contributed by atoms with Gasteiger partial charge in [0.15, 0.2) is 0 Å². The maximum atomic E-state index is 12.3. The van der Waals surface area contributed by atoms with E-state index < -0.39 is 0 Å². The van der Waals surface area contributed by atoms with Crippen LogP contribution in [0.4, 0.5) is 5.69 Å². The number of amides is 1. The Morgan fingerprint density at radius 3 is 2.67 bits per heavy atom. The minimum atomic E-state index is 0. The van der Waals surface area contributed by atoms with Crippen molar-refractivity contribution in [1.29, 1.82) is 0 Å². The van der Waals surface area contributed by atoms with E-state index in [-0.39, 0.29) is 24.2 Å². The summed E-state index contributed by atoms with van der Waals surface area (Å²) >= 11 is 7.94. The summed E-state index contributed by atoms with van der Waals surface area (Å²) in [4.78, 5) is 13.3. The van der Waals surface area contributed by atoms with Gasteiger partial charge in [-0.15, -0.1) is 24.2 Å². The minimum Gasteiger partial charge on any atom is -0.325 e. The van der Waals surface area contributed by atoms with E-state index in [1.807, 2.05) is 18.2 Å². The molecule has 3 nitrogen and oxygen atoms in total. The van der Waals surface area contributed by atoms with E-state index in [1.54, 1.807) is 11.8 Å². The predicted molar refractivity (Wildman–Crippen MR) is 93.9 cm³/mol. The largest absolute Gasteiger partial charge is 0.325 e. The van der Waals surface area contributed by atoms with Crippen molar-refractivity contribution in [2.45, 2.75) is 36.8 Å². The van der Waals surface area contributed by atoms with Crippen LogP contribution in [0.25, 0.3) is 0 Å². The topological polar surface area (TPSA) is 41.1 Å². The molecule has 0 atom stereocenters. The van der Waals surface area contributed by atoms with Crippen LogP contribution in [0.5, 0.6) is 0 Å². The van der Waals surface area contributed by atoms with Crippen molar-refractivity contribution in [3.8, 4) is 0 Å². The van der Waals surface area contributed by atoms with Crippen LogP contribution in [0.15, 0.2) is 23.1 Å². The Kier molecular flexibility index (Phi) is 7.88. The van der Waals surface area contributed by atoms with Gasteiger partial charge in [-0.3, -0.25) is 4.79 Å². The molecule has 1 amide bonds. The van der Waals surface area contributed by atoms with Crippen LogP contribution in [0.2, 0.25) is 5.02 Å². The number of hydrogen-bond acceptors (Lipinski definition) is 3. The molecule has 6 heteroatoms. The van der Waals surface area contributed by atoms with Crippen LogP contribution in [0.1, 0.15) is 26.7 Å². The average molecular weight is 349 g/mol. The van der Waals surface area contributed by atoms with Gasteiger partial charge in [-0.05, 0) is 38.1 Å². The lowest BCUT2D eigenvalue weighted by Crippen LogP contribution is -2.34. The third-order valence-corrected chi connectivity index (χ3v) is 4.86. The van der Waals surface area contributed by atoms with E-state index >= 15 is 0 Å². The molecule has 118 valence electrons. The second-order valence-electron chi connectivity index (χ2n) is 5.30. The number of piperidine rings is 1. The number of carbonyl (C=O) groups excluding carboxylic acids is 1. The van der Waals surface area contributed by atoms with Crippen LogP contribution < -0.4 is 10.6 Å². The molecule has 21 heavy (non-hydrogen) atoms. The van der Waals surface area contributed by atoms with Gasteiger partial charge in [-0.2, -0.15) is 0 Å². The second kappa shape index (κ2) is 8.89. The highest BCUT2D eigenvalue weighted by Crippen LogP contribution is 2.36. The fraction of sp³-hybridized carbons (Fsp3) is 0.533. The fourth-order valence-corrected chi connectivity index (χ4v) is 3.49. The number of thioether (sulfide) groups is 1. The summed E-state index contributed by atoms with van der Waals surface area (Å²) in [5.74, 6) is 0.214. The van der Waals surface area contributed by atoms with Crippen molar-refractivity contribution in [2.24, 2.45) is 5.92 Å². The third-order valence-electron chi connectivity index (χ3n) is 3.29. The van der Waals surface area contributed by atoms with Gasteiger partial charge in [0.2, 0.25) is 5.91 Å². The zero-order valence-electron chi connectivity index (χ0n) is 12.3. The lowest BCUT2D eigenvalue weighted by Gasteiger charge is -2.22. The Morgan fingerprint density at radius 2 is 2.05 bits per heavy atom. The molecule has 1 aromatic rings. The van der Waals surface area contributed by atoms with Crippen LogP contribution in [-0.4, -0.2) is 24.2 Å². The molecule has 1 fully saturated rings. The van der Waals surface area contributed by atoms with Gasteiger partial charge in [0.1, 0.15) is 0 Å². The maximum absolute atomic E-state index is 12.3. The molecule has 1 aliphatic rings. The molecule has 0 radical (unpaired) electrons. The standard InChI is InChI=1S/C15H21ClN2OS.ClH/c1-10(2)20-14-12(16)4-3-5-13(14)18-15(19)11-6-8-17-9-7-11;/h3-5,10-11,17H,6-9H2,1-2H3,(H,18,19);1H. The van der Waals surface area contributed by atoms with Crippen LogP contribution in [0.3, 0.4) is 0 Å². The number of benzene rings is 1. The fourth-order valence-electron chi connectivity index (χ4n) is 2.28. The van der Waals surface area contributed by atoms with E-state index in [1.165, 1.54) is 0 Å². The van der Waals surface area contributed by atoms with Gasteiger partial charge in [-0.1, -0.05) is 31.5 Å². The number of hydrogen-bond donors (Lipinski definition) is 2. The van der Waals surface area contributed by atoms with E-state index in [0.29, 0.717) is 10.3 Å². The van der Waals surface area contributed by atoms with Crippen molar-refractivity contribution in [2.75, 3.05) is 18.4 Å². The van der Waals surface area contributed by atoms with Crippen LogP contribution in [0, 0.1) is 5.92 Å². The molecule has 0 spiro atoms. The molecule has 0 saturated carbocycles. The predicted octanol–water partition coefficient (Wildman–Crippen LogP) is 4.20. The summed E-state index contributed by atoms with van der Waals surface area (Å²) in [6, 6.07) is 5.67. The van der Waals surface area contributed by atoms with Crippen molar-refractivity contribution in [3.63, 3.8) is 0 Å². The molecule has 0 aromatic heterocycles.